The highest BCUT2D eigenvalue weighted by Crippen LogP contribution is 2.18. The molecule has 0 saturated heterocycles. The summed E-state index contributed by atoms with van der Waals surface area (Å²) >= 11 is 1.75. The van der Waals surface area contributed by atoms with E-state index in [4.69, 9.17) is 0 Å². The average Bonchev–Trinajstić information content (AvgIpc) is 2.77. The standard InChI is InChI=1S/C26H36N2O2S/c1-5-21(4)27-26(30)24(6-2)28(18-23-14-10-11-20(3)17-23)25(29)15-16-31-19-22-12-8-7-9-13-22/h7-14,17,21,24H,5-6,15-16,18-19H2,1-4H3,(H,27,30). The van der Waals surface area contributed by atoms with Crippen LogP contribution >= 0.6 is 11.8 Å². The third-order valence-electron chi connectivity index (χ3n) is 5.39. The highest BCUT2D eigenvalue weighted by atomic mass is 32.2. The van der Waals surface area contributed by atoms with Gasteiger partial charge in [-0.2, -0.15) is 11.8 Å². The van der Waals surface area contributed by atoms with Crippen molar-refractivity contribution < 1.29 is 9.59 Å². The molecule has 2 aromatic rings. The molecule has 2 rings (SSSR count). The molecule has 0 aliphatic carbocycles. The van der Waals surface area contributed by atoms with Crippen molar-refractivity contribution in [2.24, 2.45) is 0 Å². The minimum absolute atomic E-state index is 0.0354. The van der Waals surface area contributed by atoms with E-state index < -0.39 is 6.04 Å². The molecule has 4 nitrogen and oxygen atoms in total. The van der Waals surface area contributed by atoms with Gasteiger partial charge in [-0.1, -0.05) is 74.0 Å². The van der Waals surface area contributed by atoms with Crippen LogP contribution in [0.15, 0.2) is 54.6 Å². The molecule has 0 aliphatic rings. The van der Waals surface area contributed by atoms with E-state index >= 15 is 0 Å². The van der Waals surface area contributed by atoms with Crippen LogP contribution in [0.2, 0.25) is 0 Å². The summed E-state index contributed by atoms with van der Waals surface area (Å²) in [5.41, 5.74) is 3.47. The predicted molar refractivity (Wildman–Crippen MR) is 131 cm³/mol. The normalized spacial score (nSPS) is 12.8. The van der Waals surface area contributed by atoms with Crippen LogP contribution in [0.4, 0.5) is 0 Å². The van der Waals surface area contributed by atoms with E-state index in [9.17, 15) is 9.59 Å². The zero-order chi connectivity index (χ0) is 22.6. The number of rotatable bonds is 12. The summed E-state index contributed by atoms with van der Waals surface area (Å²) in [4.78, 5) is 28.0. The van der Waals surface area contributed by atoms with E-state index in [1.54, 1.807) is 16.7 Å². The fraction of sp³-hybridized carbons (Fsp3) is 0.462. The van der Waals surface area contributed by atoms with Crippen molar-refractivity contribution in [1.82, 2.24) is 10.2 Å². The van der Waals surface area contributed by atoms with E-state index in [0.29, 0.717) is 19.4 Å². The Morgan fingerprint density at radius 1 is 1.00 bits per heavy atom. The zero-order valence-electron chi connectivity index (χ0n) is 19.3. The molecule has 0 radical (unpaired) electrons. The second-order valence-corrected chi connectivity index (χ2v) is 9.15. The Kier molecular flexibility index (Phi) is 10.6. The van der Waals surface area contributed by atoms with E-state index in [-0.39, 0.29) is 17.9 Å². The van der Waals surface area contributed by atoms with Crippen molar-refractivity contribution in [2.45, 2.75) is 71.3 Å². The van der Waals surface area contributed by atoms with Crippen molar-refractivity contribution in [3.05, 3.63) is 71.3 Å². The molecule has 2 unspecified atom stereocenters. The summed E-state index contributed by atoms with van der Waals surface area (Å²) in [7, 11) is 0. The molecule has 0 heterocycles. The second-order valence-electron chi connectivity index (χ2n) is 8.04. The van der Waals surface area contributed by atoms with Crippen molar-refractivity contribution in [1.29, 1.82) is 0 Å². The first-order chi connectivity index (χ1) is 14.9. The van der Waals surface area contributed by atoms with Crippen molar-refractivity contribution in [2.75, 3.05) is 5.75 Å². The number of carbonyl (C=O) groups excluding carboxylic acids is 2. The molecule has 0 fully saturated rings. The van der Waals surface area contributed by atoms with Crippen LogP contribution in [-0.2, 0) is 21.9 Å². The Bertz CT molecular complexity index is 825. The molecule has 0 aliphatic heterocycles. The topological polar surface area (TPSA) is 49.4 Å². The van der Waals surface area contributed by atoms with Gasteiger partial charge in [0.2, 0.25) is 11.8 Å². The average molecular weight is 441 g/mol. The van der Waals surface area contributed by atoms with E-state index in [1.165, 1.54) is 5.56 Å². The van der Waals surface area contributed by atoms with Crippen LogP contribution < -0.4 is 5.32 Å². The Balaban J connectivity index is 2.07. The second kappa shape index (κ2) is 13.2. The smallest absolute Gasteiger partial charge is 0.243 e. The Labute approximate surface area is 191 Å². The van der Waals surface area contributed by atoms with E-state index in [1.807, 2.05) is 64.1 Å². The monoisotopic (exact) mass is 440 g/mol. The number of aryl methyl sites for hydroxylation is 1. The molecule has 0 aromatic heterocycles. The molecule has 1 N–H and O–H groups in total. The molecule has 0 bridgehead atoms. The quantitative estimate of drug-likeness (QED) is 0.453. The first-order valence-corrected chi connectivity index (χ1v) is 12.4. The first kappa shape index (κ1) is 25.0. The van der Waals surface area contributed by atoms with E-state index in [0.717, 1.165) is 29.1 Å². The van der Waals surface area contributed by atoms with Gasteiger partial charge >= 0.3 is 0 Å². The molecule has 0 spiro atoms. The maximum absolute atomic E-state index is 13.2. The summed E-state index contributed by atoms with van der Waals surface area (Å²) in [6.45, 7) is 8.52. The summed E-state index contributed by atoms with van der Waals surface area (Å²) in [5.74, 6) is 1.60. The molecular weight excluding hydrogens is 404 g/mol. The molecular formula is C26H36N2O2S. The minimum Gasteiger partial charge on any atom is -0.352 e. The van der Waals surface area contributed by atoms with Gasteiger partial charge in [-0.05, 0) is 37.8 Å². The van der Waals surface area contributed by atoms with Gasteiger partial charge < -0.3 is 10.2 Å². The highest BCUT2D eigenvalue weighted by Gasteiger charge is 2.28. The van der Waals surface area contributed by atoms with Crippen LogP contribution in [0.25, 0.3) is 0 Å². The molecule has 5 heteroatoms. The largest absolute Gasteiger partial charge is 0.352 e. The molecule has 0 saturated carbocycles. The molecule has 2 amide bonds. The fourth-order valence-corrected chi connectivity index (χ4v) is 4.33. The lowest BCUT2D eigenvalue weighted by molar-refractivity contribution is -0.141. The summed E-state index contributed by atoms with van der Waals surface area (Å²) < 4.78 is 0. The number of benzene rings is 2. The lowest BCUT2D eigenvalue weighted by Gasteiger charge is -2.31. The number of nitrogens with one attached hydrogen (secondary N) is 1. The maximum Gasteiger partial charge on any atom is 0.243 e. The Morgan fingerprint density at radius 3 is 2.35 bits per heavy atom. The molecule has 2 aromatic carbocycles. The number of thioether (sulfide) groups is 1. The predicted octanol–water partition coefficient (Wildman–Crippen LogP) is 5.34. The summed E-state index contributed by atoms with van der Waals surface area (Å²) in [6.07, 6.45) is 1.89. The van der Waals surface area contributed by atoms with Gasteiger partial charge in [0.25, 0.3) is 0 Å². The molecule has 2 atom stereocenters. The lowest BCUT2D eigenvalue weighted by atomic mass is 10.1. The fourth-order valence-electron chi connectivity index (χ4n) is 3.44. The van der Waals surface area contributed by atoms with Crippen LogP contribution in [0, 0.1) is 6.92 Å². The van der Waals surface area contributed by atoms with Gasteiger partial charge in [0, 0.05) is 30.5 Å². The first-order valence-electron chi connectivity index (χ1n) is 11.2. The van der Waals surface area contributed by atoms with Crippen molar-refractivity contribution in [3.8, 4) is 0 Å². The van der Waals surface area contributed by atoms with Crippen molar-refractivity contribution >= 4 is 23.6 Å². The van der Waals surface area contributed by atoms with Gasteiger partial charge in [-0.25, -0.2) is 0 Å². The number of carbonyl (C=O) groups is 2. The summed E-state index contributed by atoms with van der Waals surface area (Å²) in [5, 5.41) is 3.06. The Morgan fingerprint density at radius 2 is 1.71 bits per heavy atom. The van der Waals surface area contributed by atoms with Crippen molar-refractivity contribution in [3.63, 3.8) is 0 Å². The third-order valence-corrected chi connectivity index (χ3v) is 6.42. The van der Waals surface area contributed by atoms with Crippen LogP contribution in [0.1, 0.15) is 56.7 Å². The minimum atomic E-state index is -0.457. The molecule has 31 heavy (non-hydrogen) atoms. The van der Waals surface area contributed by atoms with Crippen LogP contribution in [0.5, 0.6) is 0 Å². The SMILES string of the molecule is CCC(C)NC(=O)C(CC)N(Cc1cccc(C)c1)C(=O)CCSCc1ccccc1. The Hall–Kier alpha value is -2.27. The maximum atomic E-state index is 13.2. The van der Waals surface area contributed by atoms with Gasteiger partial charge in [0.15, 0.2) is 0 Å². The van der Waals surface area contributed by atoms with Crippen LogP contribution in [-0.4, -0.2) is 34.6 Å². The number of hydrogen-bond acceptors (Lipinski definition) is 3. The van der Waals surface area contributed by atoms with Crippen LogP contribution in [0.3, 0.4) is 0 Å². The number of hydrogen-bond donors (Lipinski definition) is 1. The van der Waals surface area contributed by atoms with E-state index in [2.05, 4.69) is 23.5 Å². The summed E-state index contributed by atoms with van der Waals surface area (Å²) in [6, 6.07) is 18.1. The number of amides is 2. The van der Waals surface area contributed by atoms with Gasteiger partial charge in [0.1, 0.15) is 6.04 Å². The lowest BCUT2D eigenvalue weighted by Crippen LogP contribution is -2.50. The number of nitrogens with zero attached hydrogens (tertiary/aromatic N) is 1. The van der Waals surface area contributed by atoms with Gasteiger partial charge in [-0.3, -0.25) is 9.59 Å². The zero-order valence-corrected chi connectivity index (χ0v) is 20.1. The van der Waals surface area contributed by atoms with Gasteiger partial charge in [-0.15, -0.1) is 0 Å². The molecule has 168 valence electrons. The highest BCUT2D eigenvalue weighted by molar-refractivity contribution is 7.98. The van der Waals surface area contributed by atoms with Gasteiger partial charge in [0.05, 0.1) is 0 Å². The third kappa shape index (κ3) is 8.41.